The highest BCUT2D eigenvalue weighted by Gasteiger charge is 2.42. The first-order chi connectivity index (χ1) is 10.1. The van der Waals surface area contributed by atoms with Gasteiger partial charge in [-0.15, -0.1) is 0 Å². The van der Waals surface area contributed by atoms with E-state index in [0.29, 0.717) is 0 Å². The number of fused-ring (bicyclic) bond motifs is 3. The van der Waals surface area contributed by atoms with Crippen LogP contribution in [0.25, 0.3) is 0 Å². The van der Waals surface area contributed by atoms with Crippen LogP contribution in [0, 0.1) is 17.8 Å². The molecule has 1 nitrogen and oxygen atoms in total. The highest BCUT2D eigenvalue weighted by molar-refractivity contribution is 5.36. The van der Waals surface area contributed by atoms with Crippen molar-refractivity contribution in [2.24, 2.45) is 23.5 Å². The van der Waals surface area contributed by atoms with Crippen molar-refractivity contribution in [3.8, 4) is 0 Å². The van der Waals surface area contributed by atoms with E-state index in [1.165, 1.54) is 63.4 Å². The van der Waals surface area contributed by atoms with Gasteiger partial charge < -0.3 is 5.73 Å². The molecule has 2 N–H and O–H groups in total. The van der Waals surface area contributed by atoms with Gasteiger partial charge in [0, 0.05) is 5.54 Å². The standard InChI is InChI=1S/C20H29N/c1-20(21,13-18-11-14-6-7-17(18)10-14)19-9-8-15-4-2-3-5-16(15)12-19/h8-9,12,14,17-18H,2-7,10-11,13,21H2,1H3. The van der Waals surface area contributed by atoms with E-state index >= 15 is 0 Å². The van der Waals surface area contributed by atoms with Gasteiger partial charge in [-0.3, -0.25) is 0 Å². The second kappa shape index (κ2) is 5.12. The summed E-state index contributed by atoms with van der Waals surface area (Å²) in [4.78, 5) is 0. The molecular formula is C20H29N. The van der Waals surface area contributed by atoms with Crippen molar-refractivity contribution in [2.45, 2.75) is 70.3 Å². The Balaban J connectivity index is 1.53. The molecule has 0 radical (unpaired) electrons. The third kappa shape index (κ3) is 2.54. The molecule has 2 fully saturated rings. The van der Waals surface area contributed by atoms with Crippen molar-refractivity contribution in [1.29, 1.82) is 0 Å². The van der Waals surface area contributed by atoms with Gasteiger partial charge in [0.1, 0.15) is 0 Å². The molecule has 0 saturated heterocycles. The van der Waals surface area contributed by atoms with E-state index in [2.05, 4.69) is 25.1 Å². The van der Waals surface area contributed by atoms with Crippen LogP contribution in [0.4, 0.5) is 0 Å². The van der Waals surface area contributed by atoms with Gasteiger partial charge in [0.25, 0.3) is 0 Å². The summed E-state index contributed by atoms with van der Waals surface area (Å²) in [5, 5.41) is 0. The number of aryl methyl sites for hydroxylation is 2. The average Bonchev–Trinajstić information content (AvgIpc) is 3.09. The van der Waals surface area contributed by atoms with Crippen LogP contribution >= 0.6 is 0 Å². The zero-order valence-electron chi connectivity index (χ0n) is 13.4. The highest BCUT2D eigenvalue weighted by Crippen LogP contribution is 2.51. The van der Waals surface area contributed by atoms with Crippen molar-refractivity contribution in [1.82, 2.24) is 0 Å². The van der Waals surface area contributed by atoms with Crippen LogP contribution in [0.3, 0.4) is 0 Å². The van der Waals surface area contributed by atoms with Crippen LogP contribution in [-0.4, -0.2) is 0 Å². The summed E-state index contributed by atoms with van der Waals surface area (Å²) in [6, 6.07) is 7.11. The highest BCUT2D eigenvalue weighted by atomic mass is 14.7. The van der Waals surface area contributed by atoms with Gasteiger partial charge >= 0.3 is 0 Å². The van der Waals surface area contributed by atoms with Crippen LogP contribution in [0.5, 0.6) is 0 Å². The molecule has 0 spiro atoms. The SMILES string of the molecule is CC(N)(CC1CC2CCC1C2)c1ccc2c(c1)CCCC2. The molecular weight excluding hydrogens is 254 g/mol. The first-order valence-corrected chi connectivity index (χ1v) is 9.03. The quantitative estimate of drug-likeness (QED) is 0.864. The van der Waals surface area contributed by atoms with E-state index in [0.717, 1.165) is 17.8 Å². The predicted octanol–water partition coefficient (Wildman–Crippen LogP) is 4.57. The maximum Gasteiger partial charge on any atom is 0.0383 e. The average molecular weight is 283 g/mol. The predicted molar refractivity (Wildman–Crippen MR) is 88.2 cm³/mol. The Morgan fingerprint density at radius 2 is 1.90 bits per heavy atom. The third-order valence-electron chi connectivity index (χ3n) is 6.58. The summed E-state index contributed by atoms with van der Waals surface area (Å²) in [6.07, 6.45) is 12.3. The van der Waals surface area contributed by atoms with Gasteiger partial charge in [-0.05, 0) is 92.7 Å². The fraction of sp³-hybridized carbons (Fsp3) is 0.700. The number of nitrogens with two attached hydrogens (primary N) is 1. The van der Waals surface area contributed by atoms with E-state index in [9.17, 15) is 0 Å². The van der Waals surface area contributed by atoms with Gasteiger partial charge in [-0.1, -0.05) is 24.6 Å². The minimum atomic E-state index is -0.137. The molecule has 4 atom stereocenters. The van der Waals surface area contributed by atoms with Crippen molar-refractivity contribution in [3.05, 3.63) is 34.9 Å². The Bertz CT molecular complexity index is 531. The lowest BCUT2D eigenvalue weighted by Gasteiger charge is -2.33. The van der Waals surface area contributed by atoms with E-state index in [4.69, 9.17) is 5.73 Å². The molecule has 1 heteroatoms. The van der Waals surface area contributed by atoms with Crippen molar-refractivity contribution in [3.63, 3.8) is 0 Å². The fourth-order valence-electron chi connectivity index (χ4n) is 5.38. The Labute approximate surface area is 129 Å². The number of benzene rings is 1. The fourth-order valence-corrected chi connectivity index (χ4v) is 5.38. The second-order valence-electron chi connectivity index (χ2n) is 8.25. The van der Waals surface area contributed by atoms with Crippen LogP contribution in [0.1, 0.15) is 68.6 Å². The summed E-state index contributed by atoms with van der Waals surface area (Å²) >= 11 is 0. The Kier molecular flexibility index (Phi) is 3.37. The molecule has 3 aliphatic carbocycles. The largest absolute Gasteiger partial charge is 0.322 e. The Morgan fingerprint density at radius 3 is 2.62 bits per heavy atom. The lowest BCUT2D eigenvalue weighted by Crippen LogP contribution is -2.36. The van der Waals surface area contributed by atoms with Gasteiger partial charge in [0.2, 0.25) is 0 Å². The first-order valence-electron chi connectivity index (χ1n) is 9.03. The zero-order chi connectivity index (χ0) is 14.4. The van der Waals surface area contributed by atoms with Crippen molar-refractivity contribution >= 4 is 0 Å². The smallest absolute Gasteiger partial charge is 0.0383 e. The maximum absolute atomic E-state index is 6.78. The molecule has 0 amide bonds. The lowest BCUT2D eigenvalue weighted by molar-refractivity contribution is 0.253. The van der Waals surface area contributed by atoms with E-state index < -0.39 is 0 Å². The normalized spacial score (nSPS) is 33.7. The molecule has 114 valence electrons. The van der Waals surface area contributed by atoms with E-state index in [1.54, 1.807) is 11.1 Å². The monoisotopic (exact) mass is 283 g/mol. The minimum Gasteiger partial charge on any atom is -0.322 e. The van der Waals surface area contributed by atoms with Gasteiger partial charge in [0.15, 0.2) is 0 Å². The molecule has 1 aromatic carbocycles. The van der Waals surface area contributed by atoms with Gasteiger partial charge in [0.05, 0.1) is 0 Å². The molecule has 1 aromatic rings. The van der Waals surface area contributed by atoms with Gasteiger partial charge in [-0.25, -0.2) is 0 Å². The summed E-state index contributed by atoms with van der Waals surface area (Å²) in [5.74, 6) is 2.89. The van der Waals surface area contributed by atoms with Gasteiger partial charge in [-0.2, -0.15) is 0 Å². The van der Waals surface area contributed by atoms with Crippen LogP contribution in [0.15, 0.2) is 18.2 Å². The maximum atomic E-state index is 6.78. The molecule has 21 heavy (non-hydrogen) atoms. The van der Waals surface area contributed by atoms with Crippen molar-refractivity contribution < 1.29 is 0 Å². The lowest BCUT2D eigenvalue weighted by atomic mass is 9.76. The summed E-state index contributed by atoms with van der Waals surface area (Å²) in [5.41, 5.74) is 11.2. The van der Waals surface area contributed by atoms with Crippen LogP contribution in [-0.2, 0) is 18.4 Å². The Hall–Kier alpha value is -0.820. The van der Waals surface area contributed by atoms with E-state index in [-0.39, 0.29) is 5.54 Å². The Morgan fingerprint density at radius 1 is 1.10 bits per heavy atom. The number of rotatable bonds is 3. The second-order valence-corrected chi connectivity index (χ2v) is 8.25. The molecule has 3 aliphatic rings. The molecule has 2 saturated carbocycles. The minimum absolute atomic E-state index is 0.137. The zero-order valence-corrected chi connectivity index (χ0v) is 13.4. The molecule has 2 bridgehead atoms. The first kappa shape index (κ1) is 13.8. The molecule has 4 rings (SSSR count). The van der Waals surface area contributed by atoms with E-state index in [1.807, 2.05) is 0 Å². The summed E-state index contributed by atoms with van der Waals surface area (Å²) in [6.45, 7) is 2.27. The number of hydrogen-bond acceptors (Lipinski definition) is 1. The van der Waals surface area contributed by atoms with Crippen LogP contribution in [0.2, 0.25) is 0 Å². The van der Waals surface area contributed by atoms with Crippen LogP contribution < -0.4 is 5.73 Å². The number of hydrogen-bond donors (Lipinski definition) is 1. The molecule has 0 heterocycles. The summed E-state index contributed by atoms with van der Waals surface area (Å²) in [7, 11) is 0. The molecule has 4 unspecified atom stereocenters. The molecule has 0 aliphatic heterocycles. The van der Waals surface area contributed by atoms with Crippen molar-refractivity contribution in [2.75, 3.05) is 0 Å². The summed E-state index contributed by atoms with van der Waals surface area (Å²) < 4.78 is 0. The third-order valence-corrected chi connectivity index (χ3v) is 6.58. The topological polar surface area (TPSA) is 26.0 Å². The molecule has 0 aromatic heterocycles.